The Bertz CT molecular complexity index is 205. The number of rotatable bonds is 6. The fraction of sp³-hybridized carbons (Fsp3) is 1.00. The van der Waals surface area contributed by atoms with Gasteiger partial charge in [0.25, 0.3) is 10.1 Å². The minimum atomic E-state index is -3.40. The van der Waals surface area contributed by atoms with E-state index in [1.54, 1.807) is 0 Å². The minimum Gasteiger partial charge on any atom is -0.270 e. The average molecular weight is 218 g/mol. The first-order valence-corrected chi connectivity index (χ1v) is 7.17. The molecule has 12 heavy (non-hydrogen) atoms. The average Bonchev–Trinajstić information content (AvgIpc) is 1.83. The highest BCUT2D eigenvalue weighted by molar-refractivity contribution is 7.85. The van der Waals surface area contributed by atoms with Gasteiger partial charge in [0.05, 0.1) is 12.9 Å². The summed E-state index contributed by atoms with van der Waals surface area (Å²) in [7, 11) is -4.72. The molecule has 0 N–H and O–H groups in total. The van der Waals surface area contributed by atoms with E-state index in [4.69, 9.17) is 0 Å². The molecule has 0 aromatic rings. The quantitative estimate of drug-likeness (QED) is 0.362. The molecule has 0 aromatic heterocycles. The van der Waals surface area contributed by atoms with E-state index in [-0.39, 0.29) is 6.61 Å². The first-order chi connectivity index (χ1) is 5.42. The van der Waals surface area contributed by atoms with Gasteiger partial charge < -0.3 is 0 Å². The summed E-state index contributed by atoms with van der Waals surface area (Å²) in [5.41, 5.74) is 0. The second kappa shape index (κ2) is 5.60. The normalized spacial score (nSPS) is 13.3. The Morgan fingerprint density at radius 3 is 2.50 bits per heavy atom. The lowest BCUT2D eigenvalue weighted by Crippen LogP contribution is -2.07. The van der Waals surface area contributed by atoms with Crippen molar-refractivity contribution in [3.8, 4) is 0 Å². The largest absolute Gasteiger partial charge is 0.270 e. The molecule has 3 nitrogen and oxygen atoms in total. The molecule has 0 bridgehead atoms. The molecule has 0 radical (unpaired) electrons. The molecule has 0 aliphatic carbocycles. The van der Waals surface area contributed by atoms with Crippen LogP contribution in [0, 0.1) is 0 Å². The molecule has 0 saturated carbocycles. The van der Waals surface area contributed by atoms with Gasteiger partial charge in [-0.1, -0.05) is 6.04 Å². The molecule has 7 heteroatoms. The Kier molecular flexibility index (Phi) is 5.60. The SMILES string of the molecule is CS(=O)(=O)OCCC[SiH2]C(F)F. The highest BCUT2D eigenvalue weighted by Gasteiger charge is 2.04. The van der Waals surface area contributed by atoms with Crippen LogP contribution in [0.2, 0.25) is 6.04 Å². The van der Waals surface area contributed by atoms with Gasteiger partial charge in [0.15, 0.2) is 0 Å². The lowest BCUT2D eigenvalue weighted by Gasteiger charge is -1.99. The van der Waals surface area contributed by atoms with Gasteiger partial charge in [-0.05, 0) is 6.42 Å². The number of hydrogen-bond donors (Lipinski definition) is 0. The summed E-state index contributed by atoms with van der Waals surface area (Å²) in [6.07, 6.45) is 1.35. The maximum Gasteiger partial charge on any atom is 0.264 e. The number of hydrogen-bond acceptors (Lipinski definition) is 3. The van der Waals surface area contributed by atoms with Crippen LogP contribution in [0.15, 0.2) is 0 Å². The second-order valence-electron chi connectivity index (χ2n) is 2.41. The first-order valence-electron chi connectivity index (χ1n) is 3.54. The van der Waals surface area contributed by atoms with Crippen LogP contribution in [0.3, 0.4) is 0 Å². The molecule has 0 unspecified atom stereocenters. The highest BCUT2D eigenvalue weighted by atomic mass is 32.2. The summed E-state index contributed by atoms with van der Waals surface area (Å²) in [5.74, 6) is 0. The third-order valence-corrected chi connectivity index (χ3v) is 3.05. The van der Waals surface area contributed by atoms with Crippen molar-refractivity contribution >= 4 is 19.6 Å². The zero-order chi connectivity index (χ0) is 9.61. The maximum absolute atomic E-state index is 11.6. The predicted octanol–water partition coefficient (Wildman–Crippen LogP) is 0.162. The molecular formula is C5H12F2O3SSi. The molecule has 0 aliphatic heterocycles. The van der Waals surface area contributed by atoms with Crippen molar-refractivity contribution in [3.63, 3.8) is 0 Å². The Labute approximate surface area is 73.1 Å². The van der Waals surface area contributed by atoms with Gasteiger partial charge >= 0.3 is 0 Å². The van der Waals surface area contributed by atoms with Crippen molar-refractivity contribution in [1.29, 1.82) is 0 Å². The van der Waals surface area contributed by atoms with Gasteiger partial charge in [0.2, 0.25) is 6.05 Å². The number of alkyl halides is 2. The van der Waals surface area contributed by atoms with Gasteiger partial charge in [-0.2, -0.15) is 8.42 Å². The molecule has 0 rings (SSSR count). The molecule has 0 spiro atoms. The monoisotopic (exact) mass is 218 g/mol. The fourth-order valence-electron chi connectivity index (χ4n) is 0.611. The van der Waals surface area contributed by atoms with Crippen molar-refractivity contribution in [2.75, 3.05) is 12.9 Å². The predicted molar refractivity (Wildman–Crippen MR) is 44.8 cm³/mol. The summed E-state index contributed by atoms with van der Waals surface area (Å²) in [6.45, 7) is 0.0263. The van der Waals surface area contributed by atoms with Gasteiger partial charge in [-0.25, -0.2) is 8.78 Å². The van der Waals surface area contributed by atoms with Crippen molar-refractivity contribution in [2.45, 2.75) is 18.5 Å². The van der Waals surface area contributed by atoms with E-state index in [1.165, 1.54) is 0 Å². The third kappa shape index (κ3) is 9.99. The standard InChI is InChI=1S/C5H12F2O3SSi/c1-11(8,9)10-3-2-4-12-5(6)7/h5H,2-4,12H2,1H3. The summed E-state index contributed by atoms with van der Waals surface area (Å²) in [4.78, 5) is 0. The molecule has 0 amide bonds. The van der Waals surface area contributed by atoms with Crippen LogP contribution < -0.4 is 0 Å². The van der Waals surface area contributed by atoms with E-state index in [0.29, 0.717) is 12.5 Å². The zero-order valence-corrected chi connectivity index (χ0v) is 9.03. The topological polar surface area (TPSA) is 43.4 Å². The van der Waals surface area contributed by atoms with E-state index in [9.17, 15) is 17.2 Å². The Hall–Kier alpha value is -0.0131. The summed E-state index contributed by atoms with van der Waals surface area (Å²) in [6, 6.07) is -1.75. The van der Waals surface area contributed by atoms with Crippen LogP contribution >= 0.6 is 0 Å². The summed E-state index contributed by atoms with van der Waals surface area (Å²) >= 11 is 0. The summed E-state index contributed by atoms with van der Waals surface area (Å²) < 4.78 is 48.3. The molecule has 0 heterocycles. The van der Waals surface area contributed by atoms with Crippen LogP contribution in [-0.4, -0.2) is 36.8 Å². The zero-order valence-electron chi connectivity index (χ0n) is 6.79. The third-order valence-electron chi connectivity index (χ3n) is 1.11. The van der Waals surface area contributed by atoms with E-state index in [1.807, 2.05) is 0 Å². The van der Waals surface area contributed by atoms with Crippen molar-refractivity contribution in [3.05, 3.63) is 0 Å². The van der Waals surface area contributed by atoms with Crippen LogP contribution in [0.25, 0.3) is 0 Å². The van der Waals surface area contributed by atoms with Gasteiger partial charge in [0.1, 0.15) is 9.52 Å². The number of halogens is 2. The van der Waals surface area contributed by atoms with E-state index >= 15 is 0 Å². The lowest BCUT2D eigenvalue weighted by molar-refractivity contribution is 0.236. The molecular weight excluding hydrogens is 206 g/mol. The second-order valence-corrected chi connectivity index (χ2v) is 5.96. The Morgan fingerprint density at radius 2 is 2.08 bits per heavy atom. The van der Waals surface area contributed by atoms with Crippen LogP contribution in [0.1, 0.15) is 6.42 Å². The van der Waals surface area contributed by atoms with E-state index in [2.05, 4.69) is 4.18 Å². The minimum absolute atomic E-state index is 0.0263. The van der Waals surface area contributed by atoms with Gasteiger partial charge in [-0.15, -0.1) is 0 Å². The van der Waals surface area contributed by atoms with Gasteiger partial charge in [-0.3, -0.25) is 4.18 Å². The van der Waals surface area contributed by atoms with Crippen molar-refractivity contribution in [2.24, 2.45) is 0 Å². The van der Waals surface area contributed by atoms with Crippen LogP contribution in [0.4, 0.5) is 8.78 Å². The smallest absolute Gasteiger partial charge is 0.264 e. The van der Waals surface area contributed by atoms with Crippen LogP contribution in [-0.2, 0) is 14.3 Å². The van der Waals surface area contributed by atoms with Crippen molar-refractivity contribution in [1.82, 2.24) is 0 Å². The van der Waals surface area contributed by atoms with Crippen LogP contribution in [0.5, 0.6) is 0 Å². The molecule has 0 aliphatic rings. The Balaban J connectivity index is 3.23. The highest BCUT2D eigenvalue weighted by Crippen LogP contribution is 1.98. The van der Waals surface area contributed by atoms with E-state index < -0.39 is 25.7 Å². The maximum atomic E-state index is 11.6. The molecule has 74 valence electrons. The lowest BCUT2D eigenvalue weighted by atomic mass is 10.5. The first kappa shape index (κ1) is 12.0. The summed E-state index contributed by atoms with van der Waals surface area (Å²) in [5, 5.41) is 0. The molecule has 0 fully saturated rings. The fourth-order valence-corrected chi connectivity index (χ4v) is 1.83. The Morgan fingerprint density at radius 1 is 1.50 bits per heavy atom. The van der Waals surface area contributed by atoms with E-state index in [0.717, 1.165) is 6.26 Å². The molecule has 0 aromatic carbocycles. The molecule has 0 atom stereocenters. The molecule has 0 saturated heterocycles. The van der Waals surface area contributed by atoms with Crippen molar-refractivity contribution < 1.29 is 21.4 Å². The van der Waals surface area contributed by atoms with Gasteiger partial charge in [0, 0.05) is 0 Å².